The predicted octanol–water partition coefficient (Wildman–Crippen LogP) is 1.64. The summed E-state index contributed by atoms with van der Waals surface area (Å²) in [6, 6.07) is 0. The molecule has 0 aromatic rings. The first kappa shape index (κ1) is 8.97. The highest BCUT2D eigenvalue weighted by atomic mass is 32.9. The zero-order valence-electron chi connectivity index (χ0n) is 5.81. The minimum absolute atomic E-state index is 0.0851. The van der Waals surface area contributed by atoms with E-state index in [1.807, 2.05) is 13.8 Å². The summed E-state index contributed by atoms with van der Waals surface area (Å²) >= 11 is 6.05. The zero-order valence-corrected chi connectivity index (χ0v) is 8.34. The van der Waals surface area contributed by atoms with E-state index in [-0.39, 0.29) is 12.2 Å². The second kappa shape index (κ2) is 3.09. The Morgan fingerprint density at radius 1 is 1.40 bits per heavy atom. The molecule has 60 valence electrons. The minimum Gasteiger partial charge on any atom is -0.315 e. The predicted molar refractivity (Wildman–Crippen MR) is 47.2 cm³/mol. The SMILES string of the molecule is CC1OP(=S)(SN)OC1C. The molecule has 1 saturated heterocycles. The van der Waals surface area contributed by atoms with Gasteiger partial charge in [-0.15, -0.1) is 0 Å². The molecule has 2 unspecified atom stereocenters. The van der Waals surface area contributed by atoms with E-state index in [0.717, 1.165) is 11.6 Å². The van der Waals surface area contributed by atoms with Crippen LogP contribution >= 0.6 is 17.3 Å². The van der Waals surface area contributed by atoms with Crippen molar-refractivity contribution in [3.8, 4) is 0 Å². The molecule has 0 saturated carbocycles. The molecule has 0 bridgehead atoms. The number of hydrogen-bond donors (Lipinski definition) is 1. The smallest absolute Gasteiger partial charge is 0.262 e. The van der Waals surface area contributed by atoms with Crippen LogP contribution in [0.25, 0.3) is 0 Å². The third-order valence-corrected chi connectivity index (χ3v) is 5.40. The Morgan fingerprint density at radius 3 is 2.00 bits per heavy atom. The molecular weight excluding hydrogens is 189 g/mol. The Morgan fingerprint density at radius 2 is 1.80 bits per heavy atom. The second-order valence-electron chi connectivity index (χ2n) is 2.17. The summed E-state index contributed by atoms with van der Waals surface area (Å²) in [4.78, 5) is 0. The average Bonchev–Trinajstić information content (AvgIpc) is 2.10. The van der Waals surface area contributed by atoms with Crippen molar-refractivity contribution >= 4 is 29.1 Å². The van der Waals surface area contributed by atoms with E-state index < -0.39 is 5.69 Å². The molecule has 2 atom stereocenters. The summed E-state index contributed by atoms with van der Waals surface area (Å²) in [6.45, 7) is 3.88. The van der Waals surface area contributed by atoms with Crippen molar-refractivity contribution in [2.75, 3.05) is 0 Å². The lowest BCUT2D eigenvalue weighted by molar-refractivity contribution is 0.187. The van der Waals surface area contributed by atoms with Gasteiger partial charge in [0.25, 0.3) is 5.69 Å². The summed E-state index contributed by atoms with van der Waals surface area (Å²) in [5.74, 6) is 0. The van der Waals surface area contributed by atoms with E-state index in [9.17, 15) is 0 Å². The molecule has 0 aliphatic carbocycles. The van der Waals surface area contributed by atoms with Crippen molar-refractivity contribution in [2.45, 2.75) is 26.1 Å². The first-order valence-corrected chi connectivity index (χ1v) is 7.05. The van der Waals surface area contributed by atoms with Crippen LogP contribution in [0, 0.1) is 0 Å². The largest absolute Gasteiger partial charge is 0.315 e. The topological polar surface area (TPSA) is 44.5 Å². The third kappa shape index (κ3) is 1.72. The number of rotatable bonds is 1. The lowest BCUT2D eigenvalue weighted by Gasteiger charge is -2.07. The molecule has 2 N–H and O–H groups in total. The maximum atomic E-state index is 5.35. The molecule has 1 fully saturated rings. The lowest BCUT2D eigenvalue weighted by Crippen LogP contribution is -2.13. The van der Waals surface area contributed by atoms with Gasteiger partial charge in [0.1, 0.15) is 0 Å². The first-order chi connectivity index (χ1) is 4.57. The quantitative estimate of drug-likeness (QED) is 0.513. The van der Waals surface area contributed by atoms with E-state index in [2.05, 4.69) is 0 Å². The molecule has 1 rings (SSSR count). The summed E-state index contributed by atoms with van der Waals surface area (Å²) in [6.07, 6.45) is 0.170. The van der Waals surface area contributed by atoms with Crippen molar-refractivity contribution < 1.29 is 9.05 Å². The summed E-state index contributed by atoms with van der Waals surface area (Å²) < 4.78 is 10.7. The van der Waals surface area contributed by atoms with E-state index in [1.165, 1.54) is 0 Å². The van der Waals surface area contributed by atoms with Crippen molar-refractivity contribution in [1.82, 2.24) is 0 Å². The molecule has 0 spiro atoms. The molecular formula is C4H10NO2PS2. The van der Waals surface area contributed by atoms with Crippen LogP contribution in [0.5, 0.6) is 0 Å². The van der Waals surface area contributed by atoms with Gasteiger partial charge in [0.05, 0.1) is 12.2 Å². The molecule has 10 heavy (non-hydrogen) atoms. The molecule has 1 aliphatic heterocycles. The molecule has 0 radical (unpaired) electrons. The zero-order chi connectivity index (χ0) is 7.78. The van der Waals surface area contributed by atoms with Crippen molar-refractivity contribution in [3.05, 3.63) is 0 Å². The normalized spacial score (nSPS) is 47.9. The van der Waals surface area contributed by atoms with Gasteiger partial charge in [-0.25, -0.2) is 0 Å². The van der Waals surface area contributed by atoms with Gasteiger partial charge in [-0.3, -0.25) is 5.14 Å². The lowest BCUT2D eigenvalue weighted by atomic mass is 10.3. The number of hydrogen-bond acceptors (Lipinski definition) is 5. The van der Waals surface area contributed by atoms with Gasteiger partial charge in [0, 0.05) is 11.6 Å². The molecule has 1 aliphatic rings. The first-order valence-electron chi connectivity index (χ1n) is 2.93. The summed E-state index contributed by atoms with van der Waals surface area (Å²) in [5.41, 5.74) is -2.14. The Bertz CT molecular complexity index is 163. The molecule has 6 heteroatoms. The summed E-state index contributed by atoms with van der Waals surface area (Å²) in [5, 5.41) is 5.30. The third-order valence-electron chi connectivity index (χ3n) is 1.38. The van der Waals surface area contributed by atoms with Crippen LogP contribution in [0.15, 0.2) is 0 Å². The maximum absolute atomic E-state index is 5.35. The molecule has 0 aromatic carbocycles. The highest BCUT2D eigenvalue weighted by molar-refractivity contribution is 8.67. The molecule has 0 aromatic heterocycles. The summed E-state index contributed by atoms with van der Waals surface area (Å²) in [7, 11) is 0. The fourth-order valence-electron chi connectivity index (χ4n) is 0.653. The van der Waals surface area contributed by atoms with Crippen LogP contribution in [0.3, 0.4) is 0 Å². The monoisotopic (exact) mass is 199 g/mol. The van der Waals surface area contributed by atoms with Crippen LogP contribution in [-0.4, -0.2) is 12.2 Å². The second-order valence-corrected chi connectivity index (χ2v) is 7.91. The van der Waals surface area contributed by atoms with Gasteiger partial charge in [0.2, 0.25) is 0 Å². The van der Waals surface area contributed by atoms with E-state index in [0.29, 0.717) is 0 Å². The fraction of sp³-hybridized carbons (Fsp3) is 1.00. The Balaban J connectivity index is 2.64. The molecule has 0 amide bonds. The van der Waals surface area contributed by atoms with Crippen molar-refractivity contribution in [3.63, 3.8) is 0 Å². The fourth-order valence-corrected chi connectivity index (χ4v) is 3.89. The Hall–Kier alpha value is 0.880. The number of nitrogens with two attached hydrogens (primary N) is 1. The maximum Gasteiger partial charge on any atom is 0.262 e. The van der Waals surface area contributed by atoms with Gasteiger partial charge in [-0.05, 0) is 25.7 Å². The van der Waals surface area contributed by atoms with Gasteiger partial charge in [-0.1, -0.05) is 0 Å². The molecule has 3 nitrogen and oxygen atoms in total. The van der Waals surface area contributed by atoms with Crippen LogP contribution in [0.2, 0.25) is 0 Å². The van der Waals surface area contributed by atoms with E-state index in [4.69, 9.17) is 26.0 Å². The highest BCUT2D eigenvalue weighted by Crippen LogP contribution is 2.64. The van der Waals surface area contributed by atoms with Crippen LogP contribution in [0.1, 0.15) is 13.8 Å². The van der Waals surface area contributed by atoms with Gasteiger partial charge >= 0.3 is 0 Å². The average molecular weight is 199 g/mol. The van der Waals surface area contributed by atoms with E-state index >= 15 is 0 Å². The van der Waals surface area contributed by atoms with Crippen molar-refractivity contribution in [2.24, 2.45) is 5.14 Å². The van der Waals surface area contributed by atoms with Crippen LogP contribution in [0.4, 0.5) is 0 Å². The van der Waals surface area contributed by atoms with Crippen molar-refractivity contribution in [1.29, 1.82) is 0 Å². The van der Waals surface area contributed by atoms with E-state index in [1.54, 1.807) is 0 Å². The van der Waals surface area contributed by atoms with Gasteiger partial charge < -0.3 is 9.05 Å². The molecule has 1 heterocycles. The highest BCUT2D eigenvalue weighted by Gasteiger charge is 2.35. The van der Waals surface area contributed by atoms with Crippen LogP contribution < -0.4 is 5.14 Å². The van der Waals surface area contributed by atoms with Gasteiger partial charge in [-0.2, -0.15) is 0 Å². The van der Waals surface area contributed by atoms with Crippen LogP contribution in [-0.2, 0) is 20.9 Å². The Kier molecular flexibility index (Phi) is 2.77. The minimum atomic E-state index is -2.14. The standard InChI is InChI=1S/C4H10NO2PS2/c1-3-4(2)7-8(9,6-3)10-5/h3-4H,5H2,1-2H3. The van der Waals surface area contributed by atoms with Gasteiger partial charge in [0.15, 0.2) is 0 Å². The Labute approximate surface area is 69.7 Å².